The Kier molecular flexibility index (Phi) is 8.12. The van der Waals surface area contributed by atoms with Crippen molar-refractivity contribution in [3.05, 3.63) is 53.6 Å². The van der Waals surface area contributed by atoms with E-state index in [1.165, 1.54) is 19.5 Å². The third-order valence-corrected chi connectivity index (χ3v) is 7.20. The Balaban J connectivity index is 1.40. The zero-order valence-electron chi connectivity index (χ0n) is 21.7. The first-order valence-electron chi connectivity index (χ1n) is 13.1. The van der Waals surface area contributed by atoms with Crippen LogP contribution in [-0.4, -0.2) is 78.8 Å². The number of anilines is 1. The second kappa shape index (κ2) is 11.7. The molecule has 1 N–H and O–H groups in total. The molecule has 2 saturated heterocycles. The number of rotatable bonds is 7. The highest BCUT2D eigenvalue weighted by Crippen LogP contribution is 2.31. The van der Waals surface area contributed by atoms with Crippen LogP contribution >= 0.6 is 0 Å². The molecule has 39 heavy (non-hydrogen) atoms. The Morgan fingerprint density at radius 1 is 1.05 bits per heavy atom. The predicted molar refractivity (Wildman–Crippen MR) is 139 cm³/mol. The number of halogens is 3. The lowest BCUT2D eigenvalue weighted by Crippen LogP contribution is -2.41. The number of pyridine rings is 1. The van der Waals surface area contributed by atoms with E-state index in [-0.39, 0.29) is 18.5 Å². The zero-order chi connectivity index (χ0) is 27.4. The maximum Gasteiger partial charge on any atom is 0.451 e. The van der Waals surface area contributed by atoms with Crippen LogP contribution in [0.1, 0.15) is 47.1 Å². The number of aromatic nitrogens is 3. The number of amides is 1. The molecule has 2 aromatic heterocycles. The summed E-state index contributed by atoms with van der Waals surface area (Å²) in [5, 5.41) is 3.64. The molecule has 1 unspecified atom stereocenters. The van der Waals surface area contributed by atoms with Crippen molar-refractivity contribution in [2.45, 2.75) is 31.5 Å². The third kappa shape index (κ3) is 6.06. The molecule has 4 heterocycles. The van der Waals surface area contributed by atoms with E-state index in [1.807, 2.05) is 18.2 Å². The van der Waals surface area contributed by atoms with Crippen molar-refractivity contribution in [1.82, 2.24) is 25.2 Å². The number of carbonyl (C=O) groups excluding carboxylic acids is 1. The van der Waals surface area contributed by atoms with Gasteiger partial charge in [-0.05, 0) is 50.2 Å². The molecule has 1 amide bonds. The molecule has 208 valence electrons. The maximum absolute atomic E-state index is 13.6. The molecule has 1 aromatic carbocycles. The van der Waals surface area contributed by atoms with Crippen LogP contribution < -0.4 is 15.0 Å². The fourth-order valence-electron chi connectivity index (χ4n) is 5.17. The Labute approximate surface area is 224 Å². The van der Waals surface area contributed by atoms with Crippen molar-refractivity contribution in [2.75, 3.05) is 57.9 Å². The van der Waals surface area contributed by atoms with Crippen molar-refractivity contribution < 1.29 is 27.4 Å². The summed E-state index contributed by atoms with van der Waals surface area (Å²) in [5.74, 6) is -0.312. The van der Waals surface area contributed by atoms with Gasteiger partial charge in [0.2, 0.25) is 5.82 Å². The van der Waals surface area contributed by atoms with Gasteiger partial charge in [-0.2, -0.15) is 13.2 Å². The van der Waals surface area contributed by atoms with Gasteiger partial charge in [0.15, 0.2) is 0 Å². The lowest BCUT2D eigenvalue weighted by atomic mass is 10.0. The first-order chi connectivity index (χ1) is 18.8. The SMILES string of the molecule is COc1ccc2nc(N3CCOCC3)ccc2c1C(=O)NCC(c1cnc(C(F)(F)F)nc1)N1CCCCC1. The maximum atomic E-state index is 13.6. The summed E-state index contributed by atoms with van der Waals surface area (Å²) >= 11 is 0. The van der Waals surface area contributed by atoms with Gasteiger partial charge in [-0.3, -0.25) is 9.69 Å². The number of alkyl halides is 3. The Bertz CT molecular complexity index is 1290. The van der Waals surface area contributed by atoms with Gasteiger partial charge in [0, 0.05) is 43.0 Å². The summed E-state index contributed by atoms with van der Waals surface area (Å²) in [6.45, 7) is 4.48. The van der Waals surface area contributed by atoms with Crippen molar-refractivity contribution in [1.29, 1.82) is 0 Å². The number of likely N-dealkylation sites (tertiary alicyclic amines) is 1. The van der Waals surface area contributed by atoms with Gasteiger partial charge in [0.05, 0.1) is 37.4 Å². The van der Waals surface area contributed by atoms with Crippen molar-refractivity contribution in [3.63, 3.8) is 0 Å². The van der Waals surface area contributed by atoms with Gasteiger partial charge in [-0.15, -0.1) is 0 Å². The number of carbonyl (C=O) groups is 1. The highest BCUT2D eigenvalue weighted by molar-refractivity contribution is 6.09. The van der Waals surface area contributed by atoms with Crippen LogP contribution in [0.3, 0.4) is 0 Å². The second-order valence-electron chi connectivity index (χ2n) is 9.64. The van der Waals surface area contributed by atoms with Crippen LogP contribution in [-0.2, 0) is 10.9 Å². The number of hydrogen-bond donors (Lipinski definition) is 1. The summed E-state index contributed by atoms with van der Waals surface area (Å²) in [6, 6.07) is 6.93. The number of piperidine rings is 1. The van der Waals surface area contributed by atoms with E-state index in [9.17, 15) is 18.0 Å². The molecule has 9 nitrogen and oxygen atoms in total. The largest absolute Gasteiger partial charge is 0.496 e. The van der Waals surface area contributed by atoms with Gasteiger partial charge < -0.3 is 19.7 Å². The summed E-state index contributed by atoms with van der Waals surface area (Å²) in [5.41, 5.74) is 1.54. The van der Waals surface area contributed by atoms with E-state index in [0.29, 0.717) is 41.0 Å². The normalized spacial score (nSPS) is 17.7. The highest BCUT2D eigenvalue weighted by atomic mass is 19.4. The van der Waals surface area contributed by atoms with E-state index in [1.54, 1.807) is 6.07 Å². The van der Waals surface area contributed by atoms with Gasteiger partial charge in [-0.1, -0.05) is 6.42 Å². The molecule has 1 atom stereocenters. The number of benzene rings is 1. The minimum atomic E-state index is -4.62. The molecule has 0 radical (unpaired) electrons. The van der Waals surface area contributed by atoms with E-state index in [0.717, 1.165) is 51.3 Å². The van der Waals surface area contributed by atoms with Gasteiger partial charge in [0.1, 0.15) is 11.6 Å². The number of nitrogens with zero attached hydrogens (tertiary/aromatic N) is 5. The number of nitrogens with one attached hydrogen (secondary N) is 1. The molecule has 2 aliphatic rings. The lowest BCUT2D eigenvalue weighted by Gasteiger charge is -2.34. The number of ether oxygens (including phenoxy) is 2. The predicted octanol–water partition coefficient (Wildman–Crippen LogP) is 3.85. The van der Waals surface area contributed by atoms with Crippen LogP contribution in [0, 0.1) is 0 Å². The van der Waals surface area contributed by atoms with E-state index in [4.69, 9.17) is 14.5 Å². The average molecular weight is 545 g/mol. The monoisotopic (exact) mass is 544 g/mol. The van der Waals surface area contributed by atoms with E-state index >= 15 is 0 Å². The topological polar surface area (TPSA) is 92.7 Å². The molecule has 0 spiro atoms. The Morgan fingerprint density at radius 2 is 1.77 bits per heavy atom. The molecular weight excluding hydrogens is 513 g/mol. The summed E-state index contributed by atoms with van der Waals surface area (Å²) in [4.78, 5) is 29.8. The second-order valence-corrected chi connectivity index (χ2v) is 9.64. The molecule has 2 aliphatic heterocycles. The quantitative estimate of drug-likeness (QED) is 0.480. The van der Waals surface area contributed by atoms with Crippen LogP contribution in [0.15, 0.2) is 36.7 Å². The van der Waals surface area contributed by atoms with Gasteiger partial charge >= 0.3 is 6.18 Å². The molecule has 5 rings (SSSR count). The van der Waals surface area contributed by atoms with Gasteiger partial charge in [0.25, 0.3) is 5.91 Å². The standard InChI is InChI=1S/C27H31F3N6O3/c1-38-22-7-6-20-19(5-8-23(34-20)36-11-13-39-14-12-36)24(22)25(37)31-17-21(35-9-3-2-4-10-35)18-15-32-26(33-16-18)27(28,29)30/h5-8,15-16,21H,2-4,9-14,17H2,1H3,(H,31,37). The van der Waals surface area contributed by atoms with Crippen LogP contribution in [0.25, 0.3) is 10.9 Å². The number of methoxy groups -OCH3 is 1. The third-order valence-electron chi connectivity index (χ3n) is 7.20. The fraction of sp³-hybridized carbons (Fsp3) is 0.481. The molecule has 0 aliphatic carbocycles. The van der Waals surface area contributed by atoms with E-state index in [2.05, 4.69) is 25.1 Å². The zero-order valence-corrected chi connectivity index (χ0v) is 21.7. The molecule has 3 aromatic rings. The van der Waals surface area contributed by atoms with E-state index < -0.39 is 12.0 Å². The summed E-state index contributed by atoms with van der Waals surface area (Å²) < 4.78 is 50.0. The Morgan fingerprint density at radius 3 is 2.44 bits per heavy atom. The summed E-state index contributed by atoms with van der Waals surface area (Å²) in [7, 11) is 1.50. The van der Waals surface area contributed by atoms with Gasteiger partial charge in [-0.25, -0.2) is 15.0 Å². The average Bonchev–Trinajstić information content (AvgIpc) is 2.97. The first-order valence-corrected chi connectivity index (χ1v) is 13.1. The molecule has 0 saturated carbocycles. The molecule has 2 fully saturated rings. The number of hydrogen-bond acceptors (Lipinski definition) is 8. The molecular formula is C27H31F3N6O3. The van der Waals surface area contributed by atoms with Crippen molar-refractivity contribution in [3.8, 4) is 5.75 Å². The smallest absolute Gasteiger partial charge is 0.451 e. The number of morpholine rings is 1. The molecule has 0 bridgehead atoms. The van der Waals surface area contributed by atoms with Crippen molar-refractivity contribution >= 4 is 22.6 Å². The number of fused-ring (bicyclic) bond motifs is 1. The fourth-order valence-corrected chi connectivity index (χ4v) is 5.17. The Hall–Kier alpha value is -3.51. The van der Waals surface area contributed by atoms with Crippen LogP contribution in [0.5, 0.6) is 5.75 Å². The van der Waals surface area contributed by atoms with Crippen LogP contribution in [0.2, 0.25) is 0 Å². The van der Waals surface area contributed by atoms with Crippen LogP contribution in [0.4, 0.5) is 19.0 Å². The summed E-state index contributed by atoms with van der Waals surface area (Å²) in [6.07, 6.45) is 0.827. The lowest BCUT2D eigenvalue weighted by molar-refractivity contribution is -0.145. The first kappa shape index (κ1) is 27.1. The minimum absolute atomic E-state index is 0.173. The highest BCUT2D eigenvalue weighted by Gasteiger charge is 2.35. The molecule has 12 heteroatoms. The van der Waals surface area contributed by atoms with Crippen molar-refractivity contribution in [2.24, 2.45) is 0 Å². The minimum Gasteiger partial charge on any atom is -0.496 e.